The average Bonchev–Trinajstić information content (AvgIpc) is 2.63. The monoisotopic (exact) mass is 251 g/mol. The third-order valence-corrected chi connectivity index (χ3v) is 3.54. The molecule has 0 aliphatic heterocycles. The highest BCUT2D eigenvalue weighted by molar-refractivity contribution is 5.24. The number of nitrogens with one attached hydrogen (secondary N) is 1. The smallest absolute Gasteiger partial charge is 0.0628 e. The van der Waals surface area contributed by atoms with Crippen LogP contribution in [0.15, 0.2) is 0 Å². The van der Waals surface area contributed by atoms with Gasteiger partial charge < -0.3 is 5.32 Å². The van der Waals surface area contributed by atoms with Gasteiger partial charge in [-0.3, -0.25) is 4.68 Å². The number of hydrogen-bond donors (Lipinski definition) is 1. The number of rotatable bonds is 9. The molecule has 0 spiro atoms. The molecule has 3 heteroatoms. The van der Waals surface area contributed by atoms with Crippen LogP contribution in [0.3, 0.4) is 0 Å². The highest BCUT2D eigenvalue weighted by Gasteiger charge is 2.08. The van der Waals surface area contributed by atoms with Crippen molar-refractivity contribution < 1.29 is 0 Å². The van der Waals surface area contributed by atoms with E-state index in [0.717, 1.165) is 26.1 Å². The molecular weight excluding hydrogens is 222 g/mol. The zero-order valence-corrected chi connectivity index (χ0v) is 12.6. The summed E-state index contributed by atoms with van der Waals surface area (Å²) in [5.74, 6) is 0. The first kappa shape index (κ1) is 15.2. The van der Waals surface area contributed by atoms with Crippen molar-refractivity contribution >= 4 is 0 Å². The molecule has 0 atom stereocenters. The van der Waals surface area contributed by atoms with Crippen molar-refractivity contribution in [3.63, 3.8) is 0 Å². The summed E-state index contributed by atoms with van der Waals surface area (Å²) in [6.07, 6.45) is 6.12. The summed E-state index contributed by atoms with van der Waals surface area (Å²) in [6.45, 7) is 12.1. The van der Waals surface area contributed by atoms with Gasteiger partial charge in [-0.25, -0.2) is 0 Å². The van der Waals surface area contributed by atoms with Crippen molar-refractivity contribution in [3.05, 3.63) is 17.0 Å². The van der Waals surface area contributed by atoms with Crippen LogP contribution < -0.4 is 5.32 Å². The number of unbranched alkanes of at least 4 members (excludes halogenated alkanes) is 2. The molecule has 0 fully saturated rings. The Morgan fingerprint density at radius 2 is 1.83 bits per heavy atom. The van der Waals surface area contributed by atoms with Gasteiger partial charge >= 0.3 is 0 Å². The van der Waals surface area contributed by atoms with Crippen molar-refractivity contribution in [2.75, 3.05) is 13.1 Å². The van der Waals surface area contributed by atoms with Crippen molar-refractivity contribution in [2.45, 2.75) is 66.3 Å². The number of nitrogens with zero attached hydrogens (tertiary/aromatic N) is 2. The largest absolute Gasteiger partial charge is 0.317 e. The molecule has 0 bridgehead atoms. The lowest BCUT2D eigenvalue weighted by atomic mass is 10.1. The second kappa shape index (κ2) is 8.30. The van der Waals surface area contributed by atoms with Gasteiger partial charge in [-0.2, -0.15) is 5.10 Å². The van der Waals surface area contributed by atoms with Crippen LogP contribution in [0.2, 0.25) is 0 Å². The third-order valence-electron chi connectivity index (χ3n) is 3.54. The van der Waals surface area contributed by atoms with Gasteiger partial charge in [-0.15, -0.1) is 0 Å². The first-order chi connectivity index (χ1) is 8.70. The topological polar surface area (TPSA) is 29.9 Å². The van der Waals surface area contributed by atoms with E-state index in [4.69, 9.17) is 0 Å². The van der Waals surface area contributed by atoms with E-state index < -0.39 is 0 Å². The van der Waals surface area contributed by atoms with E-state index in [9.17, 15) is 0 Å². The van der Waals surface area contributed by atoms with E-state index in [0.29, 0.717) is 0 Å². The Morgan fingerprint density at radius 3 is 2.44 bits per heavy atom. The van der Waals surface area contributed by atoms with E-state index in [1.165, 1.54) is 42.6 Å². The van der Waals surface area contributed by atoms with Gasteiger partial charge in [0.15, 0.2) is 0 Å². The molecule has 0 amide bonds. The highest BCUT2D eigenvalue weighted by atomic mass is 15.3. The molecule has 0 saturated heterocycles. The van der Waals surface area contributed by atoms with Crippen LogP contribution in [0.1, 0.15) is 56.5 Å². The highest BCUT2D eigenvalue weighted by Crippen LogP contribution is 2.14. The van der Waals surface area contributed by atoms with Crippen molar-refractivity contribution in [1.82, 2.24) is 15.1 Å². The zero-order valence-electron chi connectivity index (χ0n) is 12.6. The Bertz CT molecular complexity index is 342. The fourth-order valence-corrected chi connectivity index (χ4v) is 2.45. The summed E-state index contributed by atoms with van der Waals surface area (Å²) >= 11 is 0. The molecule has 0 saturated carbocycles. The molecular formula is C15H29N3. The van der Waals surface area contributed by atoms with Crippen LogP contribution in [0.25, 0.3) is 0 Å². The van der Waals surface area contributed by atoms with Crippen LogP contribution >= 0.6 is 0 Å². The first-order valence-electron chi connectivity index (χ1n) is 7.44. The lowest BCUT2D eigenvalue weighted by molar-refractivity contribution is 0.519. The molecule has 1 N–H and O–H groups in total. The molecule has 0 aliphatic rings. The summed E-state index contributed by atoms with van der Waals surface area (Å²) in [5, 5.41) is 8.07. The molecule has 104 valence electrons. The third kappa shape index (κ3) is 4.45. The molecule has 0 unspecified atom stereocenters. The Hall–Kier alpha value is -0.830. The Balaban J connectivity index is 2.23. The van der Waals surface area contributed by atoms with E-state index in [1.54, 1.807) is 0 Å². The predicted molar refractivity (Wildman–Crippen MR) is 78.1 cm³/mol. The molecule has 0 aromatic carbocycles. The fourth-order valence-electron chi connectivity index (χ4n) is 2.45. The minimum atomic E-state index is 1.07. The Labute approximate surface area is 112 Å². The summed E-state index contributed by atoms with van der Waals surface area (Å²) < 4.78 is 2.19. The maximum absolute atomic E-state index is 4.63. The van der Waals surface area contributed by atoms with E-state index in [2.05, 4.69) is 42.8 Å². The van der Waals surface area contributed by atoms with Gasteiger partial charge in [-0.05, 0) is 58.2 Å². The predicted octanol–water partition coefficient (Wildman–Crippen LogP) is 3.23. The maximum Gasteiger partial charge on any atom is 0.0628 e. The van der Waals surface area contributed by atoms with E-state index >= 15 is 0 Å². The first-order valence-corrected chi connectivity index (χ1v) is 7.44. The van der Waals surface area contributed by atoms with Crippen LogP contribution in [0, 0.1) is 13.8 Å². The standard InChI is InChI=1S/C15H29N3/c1-5-10-16-11-8-7-9-12-18-14(4)15(6-2)13(3)17-18/h16H,5-12H2,1-4H3. The Kier molecular flexibility index (Phi) is 7.02. The quantitative estimate of drug-likeness (QED) is 0.683. The molecule has 1 heterocycles. The van der Waals surface area contributed by atoms with Crippen molar-refractivity contribution in [1.29, 1.82) is 0 Å². The van der Waals surface area contributed by atoms with E-state index in [-0.39, 0.29) is 0 Å². The van der Waals surface area contributed by atoms with Gasteiger partial charge in [0.2, 0.25) is 0 Å². The van der Waals surface area contributed by atoms with Crippen molar-refractivity contribution in [2.24, 2.45) is 0 Å². The van der Waals surface area contributed by atoms with Gasteiger partial charge in [0.05, 0.1) is 5.69 Å². The minimum absolute atomic E-state index is 1.07. The molecule has 3 nitrogen and oxygen atoms in total. The van der Waals surface area contributed by atoms with Gasteiger partial charge in [-0.1, -0.05) is 20.3 Å². The normalized spacial score (nSPS) is 11.1. The van der Waals surface area contributed by atoms with Crippen LogP contribution in [-0.4, -0.2) is 22.9 Å². The number of hydrogen-bond acceptors (Lipinski definition) is 2. The molecule has 1 aromatic rings. The van der Waals surface area contributed by atoms with Crippen LogP contribution in [-0.2, 0) is 13.0 Å². The second-order valence-corrected chi connectivity index (χ2v) is 5.04. The van der Waals surface area contributed by atoms with Gasteiger partial charge in [0.25, 0.3) is 0 Å². The summed E-state index contributed by atoms with van der Waals surface area (Å²) in [7, 11) is 0. The number of aromatic nitrogens is 2. The molecule has 18 heavy (non-hydrogen) atoms. The van der Waals surface area contributed by atoms with Crippen LogP contribution in [0.5, 0.6) is 0 Å². The summed E-state index contributed by atoms with van der Waals surface area (Å²) in [5.41, 5.74) is 4.00. The lowest BCUT2D eigenvalue weighted by Gasteiger charge is -2.06. The summed E-state index contributed by atoms with van der Waals surface area (Å²) in [6, 6.07) is 0. The van der Waals surface area contributed by atoms with Crippen LogP contribution in [0.4, 0.5) is 0 Å². The lowest BCUT2D eigenvalue weighted by Crippen LogP contribution is -2.15. The molecule has 1 rings (SSSR count). The van der Waals surface area contributed by atoms with Gasteiger partial charge in [0, 0.05) is 12.2 Å². The SMILES string of the molecule is CCCNCCCCCn1nc(C)c(CC)c1C. The second-order valence-electron chi connectivity index (χ2n) is 5.04. The van der Waals surface area contributed by atoms with Gasteiger partial charge in [0.1, 0.15) is 0 Å². The minimum Gasteiger partial charge on any atom is -0.317 e. The molecule has 1 aromatic heterocycles. The molecule has 0 radical (unpaired) electrons. The average molecular weight is 251 g/mol. The maximum atomic E-state index is 4.63. The zero-order chi connectivity index (χ0) is 13.4. The summed E-state index contributed by atoms with van der Waals surface area (Å²) in [4.78, 5) is 0. The fraction of sp³-hybridized carbons (Fsp3) is 0.800. The van der Waals surface area contributed by atoms with Crippen molar-refractivity contribution in [3.8, 4) is 0 Å². The Morgan fingerprint density at radius 1 is 1.06 bits per heavy atom. The number of aryl methyl sites for hydroxylation is 2. The van der Waals surface area contributed by atoms with E-state index in [1.807, 2.05) is 0 Å². The molecule has 0 aliphatic carbocycles.